The summed E-state index contributed by atoms with van der Waals surface area (Å²) in [6.45, 7) is 0. The molecule has 0 aromatic carbocycles. The monoisotopic (exact) mass is 215 g/mol. The van der Waals surface area contributed by atoms with Crippen molar-refractivity contribution in [2.45, 2.75) is 25.2 Å². The van der Waals surface area contributed by atoms with Gasteiger partial charge in [-0.3, -0.25) is 4.98 Å². The molecule has 0 radical (unpaired) electrons. The zero-order chi connectivity index (χ0) is 9.26. The van der Waals surface area contributed by atoms with Crippen LogP contribution >= 0.6 is 23.2 Å². The predicted octanol–water partition coefficient (Wildman–Crippen LogP) is 3.39. The Balaban J connectivity index is 2.25. The van der Waals surface area contributed by atoms with E-state index in [1.807, 2.05) is 12.1 Å². The minimum atomic E-state index is 0.609. The maximum Gasteiger partial charge on any atom is 0.0452 e. The lowest BCUT2D eigenvalue weighted by Crippen LogP contribution is -1.95. The summed E-state index contributed by atoms with van der Waals surface area (Å²) in [6, 6.07) is 3.87. The van der Waals surface area contributed by atoms with Gasteiger partial charge in [0.1, 0.15) is 0 Å². The average Bonchev–Trinajstić information content (AvgIpc) is 2.85. The molecule has 1 aliphatic rings. The number of halogens is 2. The Hall–Kier alpha value is -0.270. The molecule has 0 amide bonds. The summed E-state index contributed by atoms with van der Waals surface area (Å²) in [7, 11) is 0. The molecular formula is C10H11Cl2N. The van der Waals surface area contributed by atoms with Crippen LogP contribution in [0.2, 0.25) is 5.02 Å². The summed E-state index contributed by atoms with van der Waals surface area (Å²) in [5, 5.41) is 0.789. The number of rotatable bonds is 3. The van der Waals surface area contributed by atoms with Gasteiger partial charge in [-0.2, -0.15) is 0 Å². The number of aromatic nitrogens is 1. The van der Waals surface area contributed by atoms with Crippen LogP contribution in [0, 0.1) is 0 Å². The first-order chi connectivity index (χ1) is 6.29. The lowest BCUT2D eigenvalue weighted by molar-refractivity contribution is 0.950. The number of nitrogens with zero attached hydrogens (tertiary/aromatic N) is 1. The first-order valence-corrected chi connectivity index (χ1v) is 5.43. The van der Waals surface area contributed by atoms with Gasteiger partial charge < -0.3 is 0 Å². The van der Waals surface area contributed by atoms with Gasteiger partial charge in [-0.15, -0.1) is 11.6 Å². The molecule has 0 N–H and O–H groups in total. The molecule has 1 nitrogen and oxygen atoms in total. The Kier molecular flexibility index (Phi) is 2.75. The molecule has 13 heavy (non-hydrogen) atoms. The van der Waals surface area contributed by atoms with E-state index >= 15 is 0 Å². The van der Waals surface area contributed by atoms with Gasteiger partial charge >= 0.3 is 0 Å². The number of aryl methyl sites for hydroxylation is 1. The van der Waals surface area contributed by atoms with Crippen LogP contribution in [0.25, 0.3) is 0 Å². The smallest absolute Gasteiger partial charge is 0.0452 e. The molecule has 1 aliphatic carbocycles. The van der Waals surface area contributed by atoms with Gasteiger partial charge in [-0.05, 0) is 25.0 Å². The highest BCUT2D eigenvalue weighted by atomic mass is 35.5. The second-order valence-corrected chi connectivity index (χ2v) is 4.23. The third-order valence-electron chi connectivity index (χ3n) is 2.21. The summed E-state index contributed by atoms with van der Waals surface area (Å²) in [4.78, 5) is 4.52. The Morgan fingerprint density at radius 2 is 2.15 bits per heavy atom. The molecule has 0 saturated heterocycles. The summed E-state index contributed by atoms with van der Waals surface area (Å²) >= 11 is 11.6. The SMILES string of the molecule is ClCCc1cc(Cl)cc(C2CC2)n1. The molecule has 70 valence electrons. The largest absolute Gasteiger partial charge is 0.257 e. The van der Waals surface area contributed by atoms with Crippen molar-refractivity contribution in [3.8, 4) is 0 Å². The molecule has 1 fully saturated rings. The predicted molar refractivity (Wildman–Crippen MR) is 55.6 cm³/mol. The lowest BCUT2D eigenvalue weighted by Gasteiger charge is -2.02. The normalized spacial score (nSPS) is 16.2. The van der Waals surface area contributed by atoms with E-state index in [9.17, 15) is 0 Å². The molecule has 0 aliphatic heterocycles. The van der Waals surface area contributed by atoms with Crippen molar-refractivity contribution in [2.24, 2.45) is 0 Å². The average molecular weight is 216 g/mol. The van der Waals surface area contributed by atoms with Crippen molar-refractivity contribution in [3.63, 3.8) is 0 Å². The zero-order valence-electron chi connectivity index (χ0n) is 7.26. The Bertz CT molecular complexity index is 308. The number of hydrogen-bond acceptors (Lipinski definition) is 1. The third kappa shape index (κ3) is 2.35. The molecule has 0 spiro atoms. The van der Waals surface area contributed by atoms with Gasteiger partial charge in [0.25, 0.3) is 0 Å². The minimum absolute atomic E-state index is 0.609. The molecular weight excluding hydrogens is 205 g/mol. The Labute approximate surface area is 88.1 Å². The van der Waals surface area contributed by atoms with Crippen molar-refractivity contribution in [1.29, 1.82) is 0 Å². The van der Waals surface area contributed by atoms with E-state index < -0.39 is 0 Å². The van der Waals surface area contributed by atoms with Crippen LogP contribution in [0.5, 0.6) is 0 Å². The highest BCUT2D eigenvalue weighted by Crippen LogP contribution is 2.39. The van der Waals surface area contributed by atoms with E-state index in [2.05, 4.69) is 4.98 Å². The van der Waals surface area contributed by atoms with Gasteiger partial charge in [0.2, 0.25) is 0 Å². The standard InChI is InChI=1S/C10H11Cl2N/c11-4-3-9-5-8(12)6-10(13-9)7-1-2-7/h5-7H,1-4H2. The zero-order valence-corrected chi connectivity index (χ0v) is 8.78. The van der Waals surface area contributed by atoms with Crippen LogP contribution in [0.4, 0.5) is 0 Å². The lowest BCUT2D eigenvalue weighted by atomic mass is 10.2. The molecule has 1 aromatic rings. The maximum absolute atomic E-state index is 5.97. The van der Waals surface area contributed by atoms with Gasteiger partial charge in [0, 0.05) is 34.6 Å². The van der Waals surface area contributed by atoms with Crippen molar-refractivity contribution in [3.05, 3.63) is 28.5 Å². The van der Waals surface area contributed by atoms with Crippen molar-refractivity contribution in [2.75, 3.05) is 5.88 Å². The highest BCUT2D eigenvalue weighted by molar-refractivity contribution is 6.30. The topological polar surface area (TPSA) is 12.9 Å². The summed E-state index contributed by atoms with van der Waals surface area (Å²) in [5.41, 5.74) is 2.16. The second kappa shape index (κ2) is 3.85. The van der Waals surface area contributed by atoms with Crippen LogP contribution in [-0.2, 0) is 6.42 Å². The molecule has 1 heterocycles. The van der Waals surface area contributed by atoms with E-state index in [-0.39, 0.29) is 0 Å². The van der Waals surface area contributed by atoms with E-state index in [1.165, 1.54) is 12.8 Å². The quantitative estimate of drug-likeness (QED) is 0.705. The second-order valence-electron chi connectivity index (χ2n) is 3.41. The van der Waals surface area contributed by atoms with E-state index in [0.717, 1.165) is 22.8 Å². The van der Waals surface area contributed by atoms with Gasteiger partial charge in [0.15, 0.2) is 0 Å². The highest BCUT2D eigenvalue weighted by Gasteiger charge is 2.25. The molecule has 0 bridgehead atoms. The van der Waals surface area contributed by atoms with E-state index in [4.69, 9.17) is 23.2 Å². The Morgan fingerprint density at radius 1 is 1.38 bits per heavy atom. The molecule has 0 unspecified atom stereocenters. The fourth-order valence-corrected chi connectivity index (χ4v) is 1.82. The van der Waals surface area contributed by atoms with Crippen molar-refractivity contribution >= 4 is 23.2 Å². The Morgan fingerprint density at radius 3 is 2.77 bits per heavy atom. The first kappa shape index (κ1) is 9.29. The summed E-state index contributed by atoms with van der Waals surface area (Å²) in [6.07, 6.45) is 3.32. The molecule has 0 atom stereocenters. The number of hydrogen-bond donors (Lipinski definition) is 0. The van der Waals surface area contributed by atoms with Gasteiger partial charge in [0.05, 0.1) is 0 Å². The third-order valence-corrected chi connectivity index (χ3v) is 2.62. The molecule has 1 saturated carbocycles. The van der Waals surface area contributed by atoms with Crippen molar-refractivity contribution in [1.82, 2.24) is 4.98 Å². The van der Waals surface area contributed by atoms with E-state index in [1.54, 1.807) is 0 Å². The maximum atomic E-state index is 5.97. The minimum Gasteiger partial charge on any atom is -0.257 e. The van der Waals surface area contributed by atoms with Crippen LogP contribution in [0.1, 0.15) is 30.1 Å². The fourth-order valence-electron chi connectivity index (χ4n) is 1.39. The fraction of sp³-hybridized carbons (Fsp3) is 0.500. The number of alkyl halides is 1. The molecule has 3 heteroatoms. The van der Waals surface area contributed by atoms with Crippen LogP contribution in [-0.4, -0.2) is 10.9 Å². The first-order valence-electron chi connectivity index (χ1n) is 4.52. The van der Waals surface area contributed by atoms with Crippen molar-refractivity contribution < 1.29 is 0 Å². The van der Waals surface area contributed by atoms with E-state index in [0.29, 0.717) is 11.8 Å². The van der Waals surface area contributed by atoms with Gasteiger partial charge in [-0.25, -0.2) is 0 Å². The molecule has 2 rings (SSSR count). The number of pyridine rings is 1. The molecule has 1 aromatic heterocycles. The summed E-state index contributed by atoms with van der Waals surface area (Å²) < 4.78 is 0. The summed E-state index contributed by atoms with van der Waals surface area (Å²) in [5.74, 6) is 1.27. The van der Waals surface area contributed by atoms with Crippen LogP contribution in [0.15, 0.2) is 12.1 Å². The van der Waals surface area contributed by atoms with Gasteiger partial charge in [-0.1, -0.05) is 11.6 Å². The van der Waals surface area contributed by atoms with Crippen LogP contribution < -0.4 is 0 Å². The van der Waals surface area contributed by atoms with Crippen LogP contribution in [0.3, 0.4) is 0 Å².